The quantitative estimate of drug-likeness (QED) is 0.769. The first-order valence-electron chi connectivity index (χ1n) is 8.95. The van der Waals surface area contributed by atoms with E-state index in [-0.39, 0.29) is 18.1 Å². The van der Waals surface area contributed by atoms with Gasteiger partial charge in [-0.1, -0.05) is 0 Å². The van der Waals surface area contributed by atoms with Crippen molar-refractivity contribution in [1.82, 2.24) is 19.8 Å². The third-order valence-electron chi connectivity index (χ3n) is 5.53. The number of amides is 1. The third-order valence-corrected chi connectivity index (χ3v) is 5.53. The largest absolute Gasteiger partial charge is 0.363 e. The highest BCUT2D eigenvalue weighted by molar-refractivity contribution is 5.81. The highest BCUT2D eigenvalue weighted by atomic mass is 19.1. The van der Waals surface area contributed by atoms with Gasteiger partial charge in [-0.05, 0) is 25.8 Å². The van der Waals surface area contributed by atoms with Crippen molar-refractivity contribution < 1.29 is 13.9 Å². The van der Waals surface area contributed by atoms with Gasteiger partial charge in [0.25, 0.3) is 5.91 Å². The van der Waals surface area contributed by atoms with Gasteiger partial charge in [-0.15, -0.1) is 0 Å². The van der Waals surface area contributed by atoms with Crippen molar-refractivity contribution in [3.8, 4) is 0 Å². The van der Waals surface area contributed by atoms with Gasteiger partial charge in [0.15, 0.2) is 5.82 Å². The number of anilines is 1. The molecule has 3 fully saturated rings. The number of fused-ring (bicyclic) bond motifs is 1. The van der Waals surface area contributed by atoms with Crippen molar-refractivity contribution in [2.24, 2.45) is 5.92 Å². The van der Waals surface area contributed by atoms with Gasteiger partial charge >= 0.3 is 0 Å². The van der Waals surface area contributed by atoms with E-state index in [1.165, 1.54) is 12.4 Å². The van der Waals surface area contributed by atoms with Gasteiger partial charge in [-0.2, -0.15) is 0 Å². The Bertz CT molecular complexity index is 620. The van der Waals surface area contributed by atoms with Crippen molar-refractivity contribution in [1.29, 1.82) is 0 Å². The summed E-state index contributed by atoms with van der Waals surface area (Å²) in [7, 11) is 2.08. The molecule has 136 valence electrons. The maximum absolute atomic E-state index is 13.0. The number of halogens is 1. The SMILES string of the molecule is CN1CCN(C(=O)[C@@H]2C[C@H]3CCN(c4ncc(F)cn4)C[C@@H]3O2)CC1. The number of rotatable bonds is 2. The predicted octanol–water partition coefficient (Wildman–Crippen LogP) is 0.373. The minimum absolute atomic E-state index is 0.0174. The van der Waals surface area contributed by atoms with Gasteiger partial charge < -0.3 is 19.4 Å². The summed E-state index contributed by atoms with van der Waals surface area (Å²) in [4.78, 5) is 27.0. The summed E-state index contributed by atoms with van der Waals surface area (Å²) in [6.07, 6.45) is 3.80. The van der Waals surface area contributed by atoms with Crippen LogP contribution in [0.4, 0.5) is 10.3 Å². The molecule has 0 N–H and O–H groups in total. The lowest BCUT2D eigenvalue weighted by molar-refractivity contribution is -0.144. The molecule has 0 bridgehead atoms. The first-order valence-corrected chi connectivity index (χ1v) is 8.95. The molecule has 0 saturated carbocycles. The maximum Gasteiger partial charge on any atom is 0.251 e. The number of likely N-dealkylation sites (N-methyl/N-ethyl adjacent to an activating group) is 1. The van der Waals surface area contributed by atoms with Crippen molar-refractivity contribution in [3.63, 3.8) is 0 Å². The minimum Gasteiger partial charge on any atom is -0.363 e. The molecular weight excluding hydrogens is 325 g/mol. The van der Waals surface area contributed by atoms with Gasteiger partial charge in [0.1, 0.15) is 6.10 Å². The third kappa shape index (κ3) is 3.46. The van der Waals surface area contributed by atoms with Crippen LogP contribution in [-0.2, 0) is 9.53 Å². The van der Waals surface area contributed by atoms with Crippen LogP contribution in [0.15, 0.2) is 12.4 Å². The molecule has 3 atom stereocenters. The number of hydrogen-bond donors (Lipinski definition) is 0. The molecule has 3 aliphatic rings. The molecule has 25 heavy (non-hydrogen) atoms. The zero-order valence-corrected chi connectivity index (χ0v) is 14.5. The lowest BCUT2D eigenvalue weighted by Crippen LogP contribution is -2.50. The Morgan fingerprint density at radius 2 is 1.92 bits per heavy atom. The summed E-state index contributed by atoms with van der Waals surface area (Å²) >= 11 is 0. The summed E-state index contributed by atoms with van der Waals surface area (Å²) in [5.41, 5.74) is 0. The molecule has 0 unspecified atom stereocenters. The standard InChI is InChI=1S/C17H24FN5O2/c1-21-4-6-22(7-5-21)16(24)14-8-12-2-3-23(11-15(12)25-14)17-19-9-13(18)10-20-17/h9-10,12,14-15H,2-8,11H2,1H3/t12-,14+,15+/m1/s1. The smallest absolute Gasteiger partial charge is 0.251 e. The van der Waals surface area contributed by atoms with E-state index in [0.29, 0.717) is 18.4 Å². The Morgan fingerprint density at radius 1 is 1.20 bits per heavy atom. The fraction of sp³-hybridized carbons (Fsp3) is 0.706. The number of piperazine rings is 1. The van der Waals surface area contributed by atoms with Gasteiger partial charge in [0, 0.05) is 39.3 Å². The first-order chi connectivity index (χ1) is 12.1. The number of piperidine rings is 1. The van der Waals surface area contributed by atoms with E-state index in [1.807, 2.05) is 9.80 Å². The van der Waals surface area contributed by atoms with E-state index in [2.05, 4.69) is 21.9 Å². The Morgan fingerprint density at radius 3 is 2.64 bits per heavy atom. The van der Waals surface area contributed by atoms with Crippen molar-refractivity contribution in [3.05, 3.63) is 18.2 Å². The molecule has 1 amide bonds. The first kappa shape index (κ1) is 16.7. The number of nitrogens with zero attached hydrogens (tertiary/aromatic N) is 5. The molecule has 4 rings (SSSR count). The molecular formula is C17H24FN5O2. The molecule has 4 heterocycles. The molecule has 1 aromatic rings. The molecule has 0 spiro atoms. The molecule has 3 saturated heterocycles. The van der Waals surface area contributed by atoms with Crippen LogP contribution in [0.3, 0.4) is 0 Å². The van der Waals surface area contributed by atoms with Crippen LogP contribution in [0.1, 0.15) is 12.8 Å². The Balaban J connectivity index is 1.36. The second kappa shape index (κ2) is 6.84. The summed E-state index contributed by atoms with van der Waals surface area (Å²) in [5, 5.41) is 0. The zero-order chi connectivity index (χ0) is 17.4. The summed E-state index contributed by atoms with van der Waals surface area (Å²) < 4.78 is 19.1. The van der Waals surface area contributed by atoms with Crippen LogP contribution in [0, 0.1) is 11.7 Å². The Labute approximate surface area is 146 Å². The average Bonchev–Trinajstić information content (AvgIpc) is 3.05. The highest BCUT2D eigenvalue weighted by Crippen LogP contribution is 2.35. The topological polar surface area (TPSA) is 61.8 Å². The predicted molar refractivity (Wildman–Crippen MR) is 89.7 cm³/mol. The number of aromatic nitrogens is 2. The van der Waals surface area contributed by atoms with E-state index >= 15 is 0 Å². The number of carbonyl (C=O) groups excluding carboxylic acids is 1. The molecule has 1 aromatic heterocycles. The lowest BCUT2D eigenvalue weighted by Gasteiger charge is -2.34. The maximum atomic E-state index is 13.0. The summed E-state index contributed by atoms with van der Waals surface area (Å²) in [6, 6.07) is 0. The molecule has 8 heteroatoms. The normalized spacial score (nSPS) is 30.4. The monoisotopic (exact) mass is 349 g/mol. The van der Waals surface area contributed by atoms with E-state index < -0.39 is 5.82 Å². The van der Waals surface area contributed by atoms with Crippen LogP contribution in [0.25, 0.3) is 0 Å². The number of carbonyl (C=O) groups is 1. The van der Waals surface area contributed by atoms with E-state index in [9.17, 15) is 9.18 Å². The molecule has 3 aliphatic heterocycles. The second-order valence-electron chi connectivity index (χ2n) is 7.22. The highest BCUT2D eigenvalue weighted by Gasteiger charge is 2.43. The Hall–Kier alpha value is -1.80. The Kier molecular flexibility index (Phi) is 4.56. The molecule has 0 aliphatic carbocycles. The second-order valence-corrected chi connectivity index (χ2v) is 7.22. The van der Waals surface area contributed by atoms with Crippen LogP contribution >= 0.6 is 0 Å². The van der Waals surface area contributed by atoms with Crippen LogP contribution in [0.5, 0.6) is 0 Å². The van der Waals surface area contributed by atoms with E-state index in [4.69, 9.17) is 4.74 Å². The van der Waals surface area contributed by atoms with Crippen LogP contribution < -0.4 is 4.90 Å². The summed E-state index contributed by atoms with van der Waals surface area (Å²) in [6.45, 7) is 4.86. The molecule has 7 nitrogen and oxygen atoms in total. The van der Waals surface area contributed by atoms with E-state index in [1.54, 1.807) is 0 Å². The van der Waals surface area contributed by atoms with Gasteiger partial charge in [-0.3, -0.25) is 4.79 Å². The summed E-state index contributed by atoms with van der Waals surface area (Å²) in [5.74, 6) is 0.621. The van der Waals surface area contributed by atoms with Crippen LogP contribution in [-0.4, -0.2) is 84.2 Å². The van der Waals surface area contributed by atoms with Gasteiger partial charge in [0.2, 0.25) is 5.95 Å². The van der Waals surface area contributed by atoms with Gasteiger partial charge in [0.05, 0.1) is 18.5 Å². The molecule has 0 aromatic carbocycles. The fourth-order valence-electron chi connectivity index (χ4n) is 3.97. The number of ether oxygens (including phenoxy) is 1. The minimum atomic E-state index is -0.436. The lowest BCUT2D eigenvalue weighted by atomic mass is 9.91. The average molecular weight is 349 g/mol. The van der Waals surface area contributed by atoms with Crippen molar-refractivity contribution in [2.45, 2.75) is 25.0 Å². The van der Waals surface area contributed by atoms with Crippen LogP contribution in [0.2, 0.25) is 0 Å². The van der Waals surface area contributed by atoms with E-state index in [0.717, 1.165) is 45.6 Å². The van der Waals surface area contributed by atoms with Crippen molar-refractivity contribution >= 4 is 11.9 Å². The fourth-order valence-corrected chi connectivity index (χ4v) is 3.97. The number of hydrogen-bond acceptors (Lipinski definition) is 6. The van der Waals surface area contributed by atoms with Crippen molar-refractivity contribution in [2.75, 3.05) is 51.2 Å². The van der Waals surface area contributed by atoms with Gasteiger partial charge in [-0.25, -0.2) is 14.4 Å². The molecule has 0 radical (unpaired) electrons. The zero-order valence-electron chi connectivity index (χ0n) is 14.5.